The van der Waals surface area contributed by atoms with Crippen LogP contribution in [-0.4, -0.2) is 65.6 Å². The van der Waals surface area contributed by atoms with Gasteiger partial charge in [0, 0.05) is 50.4 Å². The zero-order chi connectivity index (χ0) is 19.5. The average molecular weight is 377 g/mol. The summed E-state index contributed by atoms with van der Waals surface area (Å²) >= 11 is 0. The number of hydrogen-bond acceptors (Lipinski definition) is 3. The minimum absolute atomic E-state index is 0.00639. The molecule has 2 aromatic carbocycles. The van der Waals surface area contributed by atoms with Gasteiger partial charge in [-0.1, -0.05) is 24.3 Å². The van der Waals surface area contributed by atoms with Crippen LogP contribution in [0.5, 0.6) is 0 Å². The molecule has 0 radical (unpaired) electrons. The van der Waals surface area contributed by atoms with Gasteiger partial charge in [0.05, 0.1) is 0 Å². The van der Waals surface area contributed by atoms with Crippen molar-refractivity contribution in [2.45, 2.75) is 13.0 Å². The number of nitrogens with zero attached hydrogens (tertiary/aromatic N) is 3. The molecule has 1 fully saturated rings. The van der Waals surface area contributed by atoms with Gasteiger partial charge in [-0.2, -0.15) is 0 Å². The number of carbonyl (C=O) groups is 3. The van der Waals surface area contributed by atoms with Crippen LogP contribution in [0.3, 0.4) is 0 Å². The van der Waals surface area contributed by atoms with Crippen molar-refractivity contribution in [1.82, 2.24) is 14.7 Å². The summed E-state index contributed by atoms with van der Waals surface area (Å²) in [6, 6.07) is 15.1. The van der Waals surface area contributed by atoms with Crippen molar-refractivity contribution >= 4 is 18.2 Å². The third kappa shape index (κ3) is 3.63. The highest BCUT2D eigenvalue weighted by molar-refractivity contribution is 5.98. The van der Waals surface area contributed by atoms with Crippen LogP contribution < -0.4 is 0 Å². The van der Waals surface area contributed by atoms with Crippen LogP contribution in [-0.2, 0) is 17.8 Å². The summed E-state index contributed by atoms with van der Waals surface area (Å²) in [5.41, 5.74) is 3.67. The summed E-state index contributed by atoms with van der Waals surface area (Å²) in [5, 5.41) is 0. The second-order valence-electron chi connectivity index (χ2n) is 7.26. The summed E-state index contributed by atoms with van der Waals surface area (Å²) in [6.07, 6.45) is 1.69. The highest BCUT2D eigenvalue weighted by Crippen LogP contribution is 2.20. The van der Waals surface area contributed by atoms with Gasteiger partial charge in [0.25, 0.3) is 11.8 Å². The van der Waals surface area contributed by atoms with E-state index in [1.807, 2.05) is 17.0 Å². The maximum atomic E-state index is 12.9. The first kappa shape index (κ1) is 18.2. The molecule has 0 saturated carbocycles. The zero-order valence-electron chi connectivity index (χ0n) is 15.7. The number of hydrogen-bond donors (Lipinski definition) is 0. The first-order chi connectivity index (χ1) is 13.7. The minimum atomic E-state index is -0.0588. The van der Waals surface area contributed by atoms with Crippen molar-refractivity contribution < 1.29 is 14.4 Å². The van der Waals surface area contributed by atoms with Crippen molar-refractivity contribution in [2.75, 3.05) is 32.7 Å². The Morgan fingerprint density at radius 2 is 1.29 bits per heavy atom. The van der Waals surface area contributed by atoms with E-state index in [0.29, 0.717) is 50.4 Å². The van der Waals surface area contributed by atoms with Gasteiger partial charge in [-0.05, 0) is 41.8 Å². The largest absolute Gasteiger partial charge is 0.342 e. The number of carbonyl (C=O) groups excluding carboxylic acids is 3. The fraction of sp³-hybridized carbons (Fsp3) is 0.318. The summed E-state index contributed by atoms with van der Waals surface area (Å²) in [4.78, 5) is 41.6. The van der Waals surface area contributed by atoms with E-state index >= 15 is 0 Å². The van der Waals surface area contributed by atoms with Gasteiger partial charge in [0.2, 0.25) is 6.41 Å². The highest BCUT2D eigenvalue weighted by atomic mass is 16.2. The molecule has 2 heterocycles. The van der Waals surface area contributed by atoms with Crippen molar-refractivity contribution in [3.05, 3.63) is 70.8 Å². The molecule has 0 atom stereocenters. The van der Waals surface area contributed by atoms with Crippen LogP contribution >= 0.6 is 0 Å². The monoisotopic (exact) mass is 377 g/mol. The molecule has 0 bridgehead atoms. The van der Waals surface area contributed by atoms with Crippen molar-refractivity contribution in [3.63, 3.8) is 0 Å². The predicted molar refractivity (Wildman–Crippen MR) is 105 cm³/mol. The molecule has 144 valence electrons. The summed E-state index contributed by atoms with van der Waals surface area (Å²) in [7, 11) is 0. The van der Waals surface area contributed by atoms with Crippen LogP contribution in [0.15, 0.2) is 48.5 Å². The molecular weight excluding hydrogens is 354 g/mol. The second kappa shape index (κ2) is 7.84. The standard InChI is InChI=1S/C22H23N3O3/c26-16-23-11-13-24(14-12-23)21(27)18-5-7-19(8-6-18)22(28)25-10-9-17-3-1-2-4-20(17)15-25/h1-8,16H,9-15H2. The number of benzene rings is 2. The summed E-state index contributed by atoms with van der Waals surface area (Å²) in [6.45, 7) is 3.51. The molecule has 1 saturated heterocycles. The Morgan fingerprint density at radius 3 is 1.89 bits per heavy atom. The Labute approximate surface area is 164 Å². The van der Waals surface area contributed by atoms with Crippen LogP contribution in [0.25, 0.3) is 0 Å². The van der Waals surface area contributed by atoms with E-state index in [2.05, 4.69) is 12.1 Å². The molecular formula is C22H23N3O3. The van der Waals surface area contributed by atoms with Crippen LogP contribution in [0, 0.1) is 0 Å². The lowest BCUT2D eigenvalue weighted by molar-refractivity contribution is -0.119. The first-order valence-corrected chi connectivity index (χ1v) is 9.60. The van der Waals surface area contributed by atoms with Gasteiger partial charge >= 0.3 is 0 Å². The summed E-state index contributed by atoms with van der Waals surface area (Å²) < 4.78 is 0. The van der Waals surface area contributed by atoms with Crippen LogP contribution in [0.1, 0.15) is 31.8 Å². The SMILES string of the molecule is O=CN1CCN(C(=O)c2ccc(C(=O)N3CCc4ccccc4C3)cc2)CC1. The maximum absolute atomic E-state index is 12.9. The van der Waals surface area contributed by atoms with E-state index in [9.17, 15) is 14.4 Å². The van der Waals surface area contributed by atoms with E-state index in [4.69, 9.17) is 0 Å². The second-order valence-corrected chi connectivity index (χ2v) is 7.26. The fourth-order valence-electron chi connectivity index (χ4n) is 3.82. The first-order valence-electron chi connectivity index (χ1n) is 9.60. The van der Waals surface area contributed by atoms with Gasteiger partial charge in [0.1, 0.15) is 0 Å². The minimum Gasteiger partial charge on any atom is -0.342 e. The van der Waals surface area contributed by atoms with Crippen molar-refractivity contribution in [1.29, 1.82) is 0 Å². The maximum Gasteiger partial charge on any atom is 0.254 e. The van der Waals surface area contributed by atoms with E-state index < -0.39 is 0 Å². The van der Waals surface area contributed by atoms with Crippen molar-refractivity contribution in [3.8, 4) is 0 Å². The van der Waals surface area contributed by atoms with Gasteiger partial charge in [-0.3, -0.25) is 14.4 Å². The Hall–Kier alpha value is -3.15. The molecule has 6 nitrogen and oxygen atoms in total. The zero-order valence-corrected chi connectivity index (χ0v) is 15.7. The molecule has 3 amide bonds. The van der Waals surface area contributed by atoms with Gasteiger partial charge < -0.3 is 14.7 Å². The lowest BCUT2D eigenvalue weighted by Gasteiger charge is -2.32. The van der Waals surface area contributed by atoms with E-state index in [0.717, 1.165) is 12.8 Å². The number of piperazine rings is 1. The molecule has 0 aromatic heterocycles. The fourth-order valence-corrected chi connectivity index (χ4v) is 3.82. The summed E-state index contributed by atoms with van der Waals surface area (Å²) in [5.74, 6) is -0.0652. The Balaban J connectivity index is 1.41. The molecule has 2 aliphatic rings. The number of fused-ring (bicyclic) bond motifs is 1. The van der Waals surface area contributed by atoms with Gasteiger partial charge in [0.15, 0.2) is 0 Å². The third-order valence-electron chi connectivity index (χ3n) is 5.55. The van der Waals surface area contributed by atoms with Gasteiger partial charge in [-0.25, -0.2) is 0 Å². The smallest absolute Gasteiger partial charge is 0.254 e. The van der Waals surface area contributed by atoms with Crippen molar-refractivity contribution in [2.24, 2.45) is 0 Å². The van der Waals surface area contributed by atoms with Crippen LogP contribution in [0.2, 0.25) is 0 Å². The van der Waals surface area contributed by atoms with E-state index in [1.54, 1.807) is 34.1 Å². The molecule has 0 N–H and O–H groups in total. The molecule has 28 heavy (non-hydrogen) atoms. The molecule has 0 unspecified atom stereocenters. The lowest BCUT2D eigenvalue weighted by atomic mass is 9.99. The van der Waals surface area contributed by atoms with E-state index in [-0.39, 0.29) is 11.8 Å². The quantitative estimate of drug-likeness (QED) is 0.767. The Kier molecular flexibility index (Phi) is 5.10. The Bertz CT molecular complexity index is 886. The highest BCUT2D eigenvalue weighted by Gasteiger charge is 2.23. The topological polar surface area (TPSA) is 60.9 Å². The predicted octanol–water partition coefficient (Wildman–Crippen LogP) is 1.80. The molecule has 0 spiro atoms. The number of amides is 3. The molecule has 0 aliphatic carbocycles. The van der Waals surface area contributed by atoms with Gasteiger partial charge in [-0.15, -0.1) is 0 Å². The normalized spacial score (nSPS) is 16.5. The van der Waals surface area contributed by atoms with Crippen LogP contribution in [0.4, 0.5) is 0 Å². The van der Waals surface area contributed by atoms with E-state index in [1.165, 1.54) is 11.1 Å². The molecule has 4 rings (SSSR count). The number of rotatable bonds is 3. The Morgan fingerprint density at radius 1 is 0.714 bits per heavy atom. The molecule has 2 aromatic rings. The lowest BCUT2D eigenvalue weighted by Crippen LogP contribution is -2.48. The third-order valence-corrected chi connectivity index (χ3v) is 5.55. The average Bonchev–Trinajstić information content (AvgIpc) is 2.78. The molecule has 6 heteroatoms. The molecule has 2 aliphatic heterocycles.